The van der Waals surface area contributed by atoms with E-state index in [0.29, 0.717) is 12.2 Å². The second-order valence-corrected chi connectivity index (χ2v) is 6.52. The molecular formula is C15H17N3O4S. The molecule has 0 amide bonds. The second-order valence-electron chi connectivity index (χ2n) is 4.84. The van der Waals surface area contributed by atoms with E-state index in [-0.39, 0.29) is 10.6 Å². The topological polar surface area (TPSA) is 101 Å². The van der Waals surface area contributed by atoms with Crippen molar-refractivity contribution in [1.82, 2.24) is 5.32 Å². The maximum Gasteiger partial charge on any atom is 0.269 e. The number of benzene rings is 2. The van der Waals surface area contributed by atoms with Crippen molar-refractivity contribution in [3.8, 4) is 0 Å². The molecule has 2 rings (SSSR count). The molecule has 2 aromatic rings. The number of nitrogens with one attached hydrogen (secondary N) is 2. The van der Waals surface area contributed by atoms with E-state index in [1.807, 2.05) is 13.0 Å². The van der Waals surface area contributed by atoms with Crippen LogP contribution in [0.3, 0.4) is 0 Å². The number of nitro groups is 1. The van der Waals surface area contributed by atoms with Crippen LogP contribution in [-0.4, -0.2) is 19.9 Å². The molecule has 0 atom stereocenters. The molecule has 0 bridgehead atoms. The van der Waals surface area contributed by atoms with Crippen LogP contribution in [0.2, 0.25) is 0 Å². The number of anilines is 1. The Kier molecular flexibility index (Phi) is 5.30. The maximum absolute atomic E-state index is 12.3. The highest BCUT2D eigenvalue weighted by atomic mass is 32.2. The van der Waals surface area contributed by atoms with Gasteiger partial charge in [0.25, 0.3) is 15.7 Å². The van der Waals surface area contributed by atoms with Crippen molar-refractivity contribution in [2.75, 3.05) is 11.3 Å². The van der Waals surface area contributed by atoms with Gasteiger partial charge in [0, 0.05) is 24.4 Å². The Morgan fingerprint density at radius 1 is 1.13 bits per heavy atom. The van der Waals surface area contributed by atoms with Gasteiger partial charge in [0.1, 0.15) is 0 Å². The summed E-state index contributed by atoms with van der Waals surface area (Å²) in [5.74, 6) is 0. The summed E-state index contributed by atoms with van der Waals surface area (Å²) >= 11 is 0. The van der Waals surface area contributed by atoms with Gasteiger partial charge in [0.2, 0.25) is 0 Å². The summed E-state index contributed by atoms with van der Waals surface area (Å²) in [6, 6.07) is 11.8. The van der Waals surface area contributed by atoms with Gasteiger partial charge in [-0.1, -0.05) is 19.1 Å². The Morgan fingerprint density at radius 3 is 2.43 bits per heavy atom. The van der Waals surface area contributed by atoms with Crippen molar-refractivity contribution >= 4 is 21.4 Å². The Labute approximate surface area is 134 Å². The lowest BCUT2D eigenvalue weighted by atomic mass is 10.2. The van der Waals surface area contributed by atoms with Gasteiger partial charge in [-0.3, -0.25) is 14.8 Å². The van der Waals surface area contributed by atoms with Gasteiger partial charge < -0.3 is 5.32 Å². The van der Waals surface area contributed by atoms with Gasteiger partial charge in [-0.25, -0.2) is 8.42 Å². The van der Waals surface area contributed by atoms with Crippen LogP contribution in [0.4, 0.5) is 11.4 Å². The van der Waals surface area contributed by atoms with Crippen molar-refractivity contribution in [2.24, 2.45) is 0 Å². The first-order chi connectivity index (χ1) is 10.9. The number of sulfonamides is 1. The smallest absolute Gasteiger partial charge is 0.269 e. The van der Waals surface area contributed by atoms with Crippen LogP contribution in [-0.2, 0) is 16.6 Å². The predicted molar refractivity (Wildman–Crippen MR) is 87.7 cm³/mol. The fourth-order valence-electron chi connectivity index (χ4n) is 1.98. The van der Waals surface area contributed by atoms with E-state index >= 15 is 0 Å². The number of nitro benzene ring substituents is 1. The Morgan fingerprint density at radius 2 is 1.83 bits per heavy atom. The number of hydrogen-bond donors (Lipinski definition) is 2. The molecule has 0 saturated heterocycles. The molecule has 7 nitrogen and oxygen atoms in total. The standard InChI is InChI=1S/C15H17N3O4S/c1-2-16-11-12-4-3-5-13(10-12)17-23(21,22)15-8-6-14(7-9-15)18(19)20/h3-10,16-17H,2,11H2,1H3. The molecule has 23 heavy (non-hydrogen) atoms. The van der Waals surface area contributed by atoms with Crippen molar-refractivity contribution in [1.29, 1.82) is 0 Å². The van der Waals surface area contributed by atoms with Crippen LogP contribution in [0.5, 0.6) is 0 Å². The Balaban J connectivity index is 2.19. The number of nitrogens with zero attached hydrogens (tertiary/aromatic N) is 1. The molecule has 0 aromatic heterocycles. The van der Waals surface area contributed by atoms with Crippen LogP contribution in [0.1, 0.15) is 12.5 Å². The monoisotopic (exact) mass is 335 g/mol. The Hall–Kier alpha value is -2.45. The largest absolute Gasteiger partial charge is 0.313 e. The molecule has 122 valence electrons. The molecule has 0 aliphatic carbocycles. The lowest BCUT2D eigenvalue weighted by Gasteiger charge is -2.10. The molecule has 2 N–H and O–H groups in total. The zero-order valence-corrected chi connectivity index (χ0v) is 13.3. The third-order valence-electron chi connectivity index (χ3n) is 3.12. The summed E-state index contributed by atoms with van der Waals surface area (Å²) in [6.07, 6.45) is 0. The molecule has 2 aromatic carbocycles. The first kappa shape index (κ1) is 16.9. The van der Waals surface area contributed by atoms with Crippen molar-refractivity contribution in [2.45, 2.75) is 18.4 Å². The van der Waals surface area contributed by atoms with Gasteiger partial charge in [0.15, 0.2) is 0 Å². The lowest BCUT2D eigenvalue weighted by Crippen LogP contribution is -2.14. The van der Waals surface area contributed by atoms with E-state index in [9.17, 15) is 18.5 Å². The first-order valence-electron chi connectivity index (χ1n) is 6.99. The SMILES string of the molecule is CCNCc1cccc(NS(=O)(=O)c2ccc([N+](=O)[O-])cc2)c1. The van der Waals surface area contributed by atoms with Crippen LogP contribution in [0.15, 0.2) is 53.4 Å². The van der Waals surface area contributed by atoms with E-state index in [2.05, 4.69) is 10.0 Å². The normalized spacial score (nSPS) is 11.2. The molecule has 0 unspecified atom stereocenters. The Bertz CT molecular complexity index is 789. The van der Waals surface area contributed by atoms with Gasteiger partial charge in [0.05, 0.1) is 9.82 Å². The summed E-state index contributed by atoms with van der Waals surface area (Å²) in [7, 11) is -3.79. The number of non-ortho nitro benzene ring substituents is 1. The van der Waals surface area contributed by atoms with E-state index in [4.69, 9.17) is 0 Å². The summed E-state index contributed by atoms with van der Waals surface area (Å²) in [6.45, 7) is 3.45. The van der Waals surface area contributed by atoms with Gasteiger partial charge in [-0.05, 0) is 36.4 Å². The zero-order valence-electron chi connectivity index (χ0n) is 12.5. The minimum atomic E-state index is -3.79. The van der Waals surface area contributed by atoms with Gasteiger partial charge >= 0.3 is 0 Å². The number of hydrogen-bond acceptors (Lipinski definition) is 5. The predicted octanol–water partition coefficient (Wildman–Crippen LogP) is 2.51. The van der Waals surface area contributed by atoms with Gasteiger partial charge in [-0.15, -0.1) is 0 Å². The van der Waals surface area contributed by atoms with E-state index in [1.54, 1.807) is 18.2 Å². The summed E-state index contributed by atoms with van der Waals surface area (Å²) < 4.78 is 27.1. The van der Waals surface area contributed by atoms with E-state index in [1.165, 1.54) is 12.1 Å². The molecule has 0 aliphatic rings. The summed E-state index contributed by atoms with van der Waals surface area (Å²) in [4.78, 5) is 10.0. The maximum atomic E-state index is 12.3. The highest BCUT2D eigenvalue weighted by Crippen LogP contribution is 2.20. The molecular weight excluding hydrogens is 318 g/mol. The first-order valence-corrected chi connectivity index (χ1v) is 8.47. The van der Waals surface area contributed by atoms with Crippen molar-refractivity contribution < 1.29 is 13.3 Å². The fraction of sp³-hybridized carbons (Fsp3) is 0.200. The van der Waals surface area contributed by atoms with Crippen LogP contribution >= 0.6 is 0 Å². The molecule has 0 saturated carbocycles. The minimum Gasteiger partial charge on any atom is -0.313 e. The number of rotatable bonds is 7. The molecule has 0 spiro atoms. The van der Waals surface area contributed by atoms with Crippen LogP contribution in [0.25, 0.3) is 0 Å². The lowest BCUT2D eigenvalue weighted by molar-refractivity contribution is -0.384. The molecule has 0 radical (unpaired) electrons. The van der Waals surface area contributed by atoms with Crippen molar-refractivity contribution in [3.05, 3.63) is 64.2 Å². The average Bonchev–Trinajstić information content (AvgIpc) is 2.53. The molecule has 0 aliphatic heterocycles. The highest BCUT2D eigenvalue weighted by molar-refractivity contribution is 7.92. The van der Waals surface area contributed by atoms with Crippen LogP contribution in [0, 0.1) is 10.1 Å². The van der Waals surface area contributed by atoms with Crippen molar-refractivity contribution in [3.63, 3.8) is 0 Å². The van der Waals surface area contributed by atoms with E-state index < -0.39 is 14.9 Å². The average molecular weight is 335 g/mol. The third kappa shape index (κ3) is 4.51. The fourth-order valence-corrected chi connectivity index (χ4v) is 3.02. The molecule has 0 heterocycles. The third-order valence-corrected chi connectivity index (χ3v) is 4.51. The highest BCUT2D eigenvalue weighted by Gasteiger charge is 2.16. The van der Waals surface area contributed by atoms with E-state index in [0.717, 1.165) is 24.2 Å². The summed E-state index contributed by atoms with van der Waals surface area (Å²) in [5, 5.41) is 13.8. The summed E-state index contributed by atoms with van der Waals surface area (Å²) in [5.41, 5.74) is 1.24. The van der Waals surface area contributed by atoms with Crippen LogP contribution < -0.4 is 10.0 Å². The quantitative estimate of drug-likeness (QED) is 0.598. The second kappa shape index (κ2) is 7.21. The molecule has 0 fully saturated rings. The molecule has 8 heteroatoms. The minimum absolute atomic E-state index is 0.0276. The zero-order chi connectivity index (χ0) is 16.9. The van der Waals surface area contributed by atoms with Gasteiger partial charge in [-0.2, -0.15) is 0 Å².